The zero-order chi connectivity index (χ0) is 30.3. The van der Waals surface area contributed by atoms with Crippen molar-refractivity contribution in [3.05, 3.63) is 0 Å². The van der Waals surface area contributed by atoms with E-state index in [1.54, 1.807) is 0 Å². The standard InChI is InChI=1S/C34H67O6P/c1-2-3-4-5-6-7-8-12-15-18-21-24-27-30-33(35)31-28-25-22-19-16-13-10-9-11-14-17-20-23-26-29-32-34(36)40-41(37,38)39/h2-32H2,1H3,(H2,37,38,39). The largest absolute Gasteiger partial charge is 0.526 e. The highest BCUT2D eigenvalue weighted by Crippen LogP contribution is 2.36. The molecule has 0 bridgehead atoms. The molecule has 0 atom stereocenters. The molecule has 0 radical (unpaired) electrons. The fourth-order valence-electron chi connectivity index (χ4n) is 5.53. The lowest BCUT2D eigenvalue weighted by molar-refractivity contribution is -0.135. The molecule has 2 N–H and O–H groups in total. The van der Waals surface area contributed by atoms with Gasteiger partial charge in [0.25, 0.3) is 0 Å². The Labute approximate surface area is 253 Å². The molecule has 0 spiro atoms. The van der Waals surface area contributed by atoms with Crippen LogP contribution in [0.4, 0.5) is 0 Å². The van der Waals surface area contributed by atoms with Gasteiger partial charge in [-0.2, -0.15) is 0 Å². The van der Waals surface area contributed by atoms with E-state index in [0.29, 0.717) is 12.2 Å². The molecule has 0 aromatic rings. The van der Waals surface area contributed by atoms with Gasteiger partial charge in [0.2, 0.25) is 0 Å². The van der Waals surface area contributed by atoms with E-state index < -0.39 is 13.8 Å². The second kappa shape index (κ2) is 30.7. The summed E-state index contributed by atoms with van der Waals surface area (Å²) in [6.45, 7) is 2.28. The van der Waals surface area contributed by atoms with Gasteiger partial charge in [0.15, 0.2) is 0 Å². The third kappa shape index (κ3) is 35.4. The number of hydrogen-bond acceptors (Lipinski definition) is 4. The Balaban J connectivity index is 3.21. The van der Waals surface area contributed by atoms with Crippen molar-refractivity contribution in [3.8, 4) is 0 Å². The summed E-state index contributed by atoms with van der Waals surface area (Å²) < 4.78 is 14.6. The molecule has 0 unspecified atom stereocenters. The van der Waals surface area contributed by atoms with E-state index in [0.717, 1.165) is 44.9 Å². The molecule has 0 aliphatic rings. The van der Waals surface area contributed by atoms with Crippen molar-refractivity contribution in [3.63, 3.8) is 0 Å². The van der Waals surface area contributed by atoms with Crippen LogP contribution in [0.1, 0.15) is 206 Å². The van der Waals surface area contributed by atoms with Crippen LogP contribution in [0.5, 0.6) is 0 Å². The zero-order valence-electron chi connectivity index (χ0n) is 26.9. The quantitative estimate of drug-likeness (QED) is 0.0572. The van der Waals surface area contributed by atoms with Gasteiger partial charge in [0.1, 0.15) is 5.78 Å². The zero-order valence-corrected chi connectivity index (χ0v) is 27.8. The molecule has 0 aliphatic heterocycles. The fourth-order valence-corrected chi connectivity index (χ4v) is 5.89. The lowest BCUT2D eigenvalue weighted by Gasteiger charge is -2.05. The van der Waals surface area contributed by atoms with Crippen LogP contribution in [0.25, 0.3) is 0 Å². The van der Waals surface area contributed by atoms with Crippen LogP contribution >= 0.6 is 7.82 Å². The Morgan fingerprint density at radius 2 is 0.683 bits per heavy atom. The fraction of sp³-hybridized carbons (Fsp3) is 0.941. The summed E-state index contributed by atoms with van der Waals surface area (Å²) in [5.74, 6) is -0.334. The minimum atomic E-state index is -4.69. The van der Waals surface area contributed by atoms with Gasteiger partial charge in [-0.25, -0.2) is 4.57 Å². The first-order valence-corrected chi connectivity index (χ1v) is 19.2. The lowest BCUT2D eigenvalue weighted by Crippen LogP contribution is -2.01. The van der Waals surface area contributed by atoms with E-state index in [1.165, 1.54) is 141 Å². The molecule has 244 valence electrons. The van der Waals surface area contributed by atoms with E-state index >= 15 is 0 Å². The van der Waals surface area contributed by atoms with Gasteiger partial charge in [-0.1, -0.05) is 167 Å². The Morgan fingerprint density at radius 3 is 0.951 bits per heavy atom. The van der Waals surface area contributed by atoms with Crippen molar-refractivity contribution >= 4 is 19.6 Å². The number of carbonyl (C=O) groups is 2. The second-order valence-electron chi connectivity index (χ2n) is 12.3. The van der Waals surface area contributed by atoms with Gasteiger partial charge in [-0.05, 0) is 19.3 Å². The van der Waals surface area contributed by atoms with Crippen LogP contribution in [0.15, 0.2) is 0 Å². The number of ketones is 1. The van der Waals surface area contributed by atoms with E-state index in [4.69, 9.17) is 9.79 Å². The molecule has 0 fully saturated rings. The number of phosphoric acid groups is 1. The smallest absolute Gasteiger partial charge is 0.371 e. The highest BCUT2D eigenvalue weighted by atomic mass is 31.2. The monoisotopic (exact) mass is 602 g/mol. The number of rotatable bonds is 33. The van der Waals surface area contributed by atoms with Crippen LogP contribution in [0, 0.1) is 0 Å². The van der Waals surface area contributed by atoms with E-state index in [-0.39, 0.29) is 6.42 Å². The molecule has 41 heavy (non-hydrogen) atoms. The Morgan fingerprint density at radius 1 is 0.439 bits per heavy atom. The normalized spacial score (nSPS) is 11.7. The molecule has 7 heteroatoms. The molecular formula is C34H67O6P. The summed E-state index contributed by atoms with van der Waals surface area (Å²) in [4.78, 5) is 40.5. The van der Waals surface area contributed by atoms with Crippen LogP contribution in [-0.2, 0) is 18.7 Å². The first-order chi connectivity index (χ1) is 19.8. The van der Waals surface area contributed by atoms with E-state index in [2.05, 4.69) is 11.4 Å². The van der Waals surface area contributed by atoms with Crippen molar-refractivity contribution in [2.24, 2.45) is 0 Å². The van der Waals surface area contributed by atoms with Crippen molar-refractivity contribution in [1.29, 1.82) is 0 Å². The van der Waals surface area contributed by atoms with Crippen LogP contribution < -0.4 is 0 Å². The van der Waals surface area contributed by atoms with E-state index in [9.17, 15) is 14.2 Å². The van der Waals surface area contributed by atoms with Crippen molar-refractivity contribution in [1.82, 2.24) is 0 Å². The number of unbranched alkanes of at least 4 members (excludes halogenated alkanes) is 26. The van der Waals surface area contributed by atoms with Crippen molar-refractivity contribution in [2.75, 3.05) is 0 Å². The Hall–Kier alpha value is -0.710. The van der Waals surface area contributed by atoms with Gasteiger partial charge >= 0.3 is 13.8 Å². The predicted octanol–water partition coefficient (Wildman–Crippen LogP) is 11.3. The van der Waals surface area contributed by atoms with Gasteiger partial charge < -0.3 is 4.52 Å². The Bertz CT molecular complexity index is 633. The molecular weight excluding hydrogens is 535 g/mol. The number of phosphoric ester groups is 1. The number of Topliss-reactive ketones (excluding diaryl/α,β-unsaturated/α-hetero) is 1. The maximum absolute atomic E-state index is 12.1. The first kappa shape index (κ1) is 40.3. The molecule has 6 nitrogen and oxygen atoms in total. The lowest BCUT2D eigenvalue weighted by atomic mass is 10.0. The molecule has 0 amide bonds. The molecule has 0 heterocycles. The molecule has 0 rings (SSSR count). The third-order valence-corrected chi connectivity index (χ3v) is 8.56. The van der Waals surface area contributed by atoms with Crippen molar-refractivity contribution < 1.29 is 28.5 Å². The van der Waals surface area contributed by atoms with E-state index in [1.807, 2.05) is 0 Å². The average Bonchev–Trinajstić information content (AvgIpc) is 2.92. The molecule has 0 saturated heterocycles. The second-order valence-corrected chi connectivity index (χ2v) is 13.5. The molecule has 0 aromatic carbocycles. The van der Waals surface area contributed by atoms with Crippen molar-refractivity contribution in [2.45, 2.75) is 206 Å². The van der Waals surface area contributed by atoms with Gasteiger partial charge in [-0.3, -0.25) is 19.4 Å². The maximum Gasteiger partial charge on any atom is 0.526 e. The summed E-state index contributed by atoms with van der Waals surface area (Å²) in [5.41, 5.74) is 0. The maximum atomic E-state index is 12.1. The van der Waals surface area contributed by atoms with Crippen LogP contribution in [0.2, 0.25) is 0 Å². The summed E-state index contributed by atoms with van der Waals surface area (Å²) in [6.07, 6.45) is 36.8. The van der Waals surface area contributed by atoms with Gasteiger partial charge in [0.05, 0.1) is 0 Å². The highest BCUT2D eigenvalue weighted by Gasteiger charge is 2.19. The SMILES string of the molecule is CCCCCCCCCCCCCCCC(=O)CCCCCCCCCCCCCCCCCC(=O)OP(=O)(O)O. The van der Waals surface area contributed by atoms with Crippen LogP contribution in [0.3, 0.4) is 0 Å². The summed E-state index contributed by atoms with van der Waals surface area (Å²) in [7, 11) is -4.69. The minimum Gasteiger partial charge on any atom is -0.371 e. The first-order valence-electron chi connectivity index (χ1n) is 17.6. The summed E-state index contributed by atoms with van der Waals surface area (Å²) >= 11 is 0. The topological polar surface area (TPSA) is 101 Å². The number of carbonyl (C=O) groups excluding carboxylic acids is 2. The summed E-state index contributed by atoms with van der Waals surface area (Å²) in [5, 5.41) is 0. The van der Waals surface area contributed by atoms with Crippen LogP contribution in [-0.4, -0.2) is 21.5 Å². The predicted molar refractivity (Wildman–Crippen MR) is 172 cm³/mol. The minimum absolute atomic E-state index is 0.0722. The molecule has 0 saturated carbocycles. The summed E-state index contributed by atoms with van der Waals surface area (Å²) in [6, 6.07) is 0. The third-order valence-electron chi connectivity index (χ3n) is 8.12. The molecule has 0 aromatic heterocycles. The molecule has 0 aliphatic carbocycles. The number of hydrogen-bond donors (Lipinski definition) is 2. The highest BCUT2D eigenvalue weighted by molar-refractivity contribution is 7.46. The Kier molecular flexibility index (Phi) is 30.2. The van der Waals surface area contributed by atoms with Gasteiger partial charge in [-0.15, -0.1) is 0 Å². The van der Waals surface area contributed by atoms with Gasteiger partial charge in [0, 0.05) is 19.3 Å². The average molecular weight is 603 g/mol.